The van der Waals surface area contributed by atoms with Crippen LogP contribution in [0.15, 0.2) is 18.2 Å². The maximum Gasteiger partial charge on any atom is 0.255 e. The number of ether oxygens (including phenoxy) is 2. The van der Waals surface area contributed by atoms with Crippen LogP contribution >= 0.6 is 0 Å². The molecule has 1 saturated heterocycles. The fraction of sp³-hybridized carbons (Fsp3) is 0.500. The van der Waals surface area contributed by atoms with Crippen LogP contribution in [-0.2, 0) is 4.74 Å². The predicted molar refractivity (Wildman–Crippen MR) is 71.7 cm³/mol. The van der Waals surface area contributed by atoms with Crippen molar-refractivity contribution in [2.24, 2.45) is 0 Å². The quantitative estimate of drug-likeness (QED) is 0.864. The molecule has 0 aromatic heterocycles. The molecule has 1 fully saturated rings. The molecule has 0 radical (unpaired) electrons. The molecule has 1 unspecified atom stereocenters. The third-order valence-corrected chi connectivity index (χ3v) is 3.44. The molecule has 2 heterocycles. The first-order valence-corrected chi connectivity index (χ1v) is 6.74. The number of nitrogens with one attached hydrogen (secondary N) is 2. The Morgan fingerprint density at radius 1 is 1.42 bits per heavy atom. The Morgan fingerprint density at radius 2 is 2.37 bits per heavy atom. The molecule has 1 aromatic carbocycles. The van der Waals surface area contributed by atoms with E-state index >= 15 is 0 Å². The van der Waals surface area contributed by atoms with Gasteiger partial charge in [-0.05, 0) is 25.0 Å². The minimum atomic E-state index is -0.101. The van der Waals surface area contributed by atoms with Gasteiger partial charge in [0.2, 0.25) is 0 Å². The monoisotopic (exact) mass is 262 g/mol. The van der Waals surface area contributed by atoms with E-state index in [4.69, 9.17) is 9.47 Å². The van der Waals surface area contributed by atoms with Gasteiger partial charge in [-0.25, -0.2) is 0 Å². The summed E-state index contributed by atoms with van der Waals surface area (Å²) in [5, 5.41) is 6.14. The molecular weight excluding hydrogens is 244 g/mol. The molecule has 1 aromatic rings. The van der Waals surface area contributed by atoms with Gasteiger partial charge in [-0.2, -0.15) is 0 Å². The molecule has 5 heteroatoms. The number of amides is 1. The summed E-state index contributed by atoms with van der Waals surface area (Å²) in [4.78, 5) is 12.2. The fourth-order valence-electron chi connectivity index (χ4n) is 2.46. The Hall–Kier alpha value is -1.75. The van der Waals surface area contributed by atoms with Gasteiger partial charge in [0.25, 0.3) is 5.91 Å². The first kappa shape index (κ1) is 12.3. The highest BCUT2D eigenvalue weighted by Crippen LogP contribution is 2.31. The van der Waals surface area contributed by atoms with E-state index in [1.807, 2.05) is 12.1 Å². The Bertz CT molecular complexity index is 470. The molecule has 0 aliphatic carbocycles. The molecule has 1 amide bonds. The van der Waals surface area contributed by atoms with Gasteiger partial charge in [-0.15, -0.1) is 0 Å². The number of carbonyl (C=O) groups is 1. The molecule has 19 heavy (non-hydrogen) atoms. The van der Waals surface area contributed by atoms with E-state index < -0.39 is 0 Å². The van der Waals surface area contributed by atoms with Crippen LogP contribution in [0.5, 0.6) is 5.75 Å². The molecule has 102 valence electrons. The molecule has 2 aliphatic heterocycles. The van der Waals surface area contributed by atoms with Crippen LogP contribution in [0, 0.1) is 0 Å². The van der Waals surface area contributed by atoms with Gasteiger partial charge in [0, 0.05) is 19.7 Å². The first-order valence-electron chi connectivity index (χ1n) is 6.74. The Kier molecular flexibility index (Phi) is 3.55. The number of hydrogen-bond donors (Lipinski definition) is 2. The molecular formula is C14H18N2O3. The second-order valence-electron chi connectivity index (χ2n) is 4.80. The number of rotatable bonds is 3. The van der Waals surface area contributed by atoms with E-state index in [-0.39, 0.29) is 12.0 Å². The van der Waals surface area contributed by atoms with E-state index in [9.17, 15) is 4.79 Å². The van der Waals surface area contributed by atoms with Crippen molar-refractivity contribution in [3.05, 3.63) is 23.8 Å². The number of anilines is 1. The molecule has 2 N–H and O–H groups in total. The zero-order valence-electron chi connectivity index (χ0n) is 10.8. The van der Waals surface area contributed by atoms with Crippen molar-refractivity contribution < 1.29 is 14.3 Å². The number of para-hydroxylation sites is 1. The van der Waals surface area contributed by atoms with Crippen LogP contribution in [-0.4, -0.2) is 38.3 Å². The van der Waals surface area contributed by atoms with E-state index in [0.717, 1.165) is 31.7 Å². The maximum atomic E-state index is 12.2. The number of hydrogen-bond acceptors (Lipinski definition) is 4. The minimum Gasteiger partial charge on any atom is -0.489 e. The summed E-state index contributed by atoms with van der Waals surface area (Å²) in [5.41, 5.74) is 1.47. The average molecular weight is 262 g/mol. The van der Waals surface area contributed by atoms with E-state index in [1.54, 1.807) is 6.07 Å². The Morgan fingerprint density at radius 3 is 3.21 bits per heavy atom. The maximum absolute atomic E-state index is 12.2. The lowest BCUT2D eigenvalue weighted by Gasteiger charge is -2.21. The summed E-state index contributed by atoms with van der Waals surface area (Å²) in [7, 11) is 0. The SMILES string of the molecule is O=C(NCC1CCCO1)c1cccc2c1OCCN2. The molecule has 0 spiro atoms. The van der Waals surface area contributed by atoms with E-state index in [2.05, 4.69) is 10.6 Å². The van der Waals surface area contributed by atoms with Gasteiger partial charge in [0.15, 0.2) is 5.75 Å². The summed E-state index contributed by atoms with van der Waals surface area (Å²) in [6.45, 7) is 2.72. The van der Waals surface area contributed by atoms with Gasteiger partial charge in [0.05, 0.1) is 17.4 Å². The summed E-state index contributed by atoms with van der Waals surface area (Å²) >= 11 is 0. The van der Waals surface area contributed by atoms with Crippen molar-refractivity contribution in [3.63, 3.8) is 0 Å². The van der Waals surface area contributed by atoms with Crippen LogP contribution in [0.1, 0.15) is 23.2 Å². The fourth-order valence-corrected chi connectivity index (χ4v) is 2.46. The molecule has 0 bridgehead atoms. The van der Waals surface area contributed by atoms with Gasteiger partial charge < -0.3 is 20.1 Å². The highest BCUT2D eigenvalue weighted by Gasteiger charge is 2.21. The third kappa shape index (κ3) is 2.66. The lowest BCUT2D eigenvalue weighted by Crippen LogP contribution is -2.32. The van der Waals surface area contributed by atoms with E-state index in [0.29, 0.717) is 24.5 Å². The van der Waals surface area contributed by atoms with Crippen molar-refractivity contribution in [1.29, 1.82) is 0 Å². The van der Waals surface area contributed by atoms with Crippen LogP contribution in [0.25, 0.3) is 0 Å². The zero-order valence-corrected chi connectivity index (χ0v) is 10.8. The highest BCUT2D eigenvalue weighted by molar-refractivity contribution is 5.99. The van der Waals surface area contributed by atoms with Crippen LogP contribution in [0.3, 0.4) is 0 Å². The minimum absolute atomic E-state index is 0.101. The average Bonchev–Trinajstić information content (AvgIpc) is 2.97. The number of fused-ring (bicyclic) bond motifs is 1. The van der Waals surface area contributed by atoms with Gasteiger partial charge in [-0.3, -0.25) is 4.79 Å². The number of carbonyl (C=O) groups excluding carboxylic acids is 1. The van der Waals surface area contributed by atoms with Crippen LogP contribution in [0.4, 0.5) is 5.69 Å². The van der Waals surface area contributed by atoms with Crippen molar-refractivity contribution in [2.75, 3.05) is 31.6 Å². The standard InChI is InChI=1S/C14H18N2O3/c17-14(16-9-10-3-2-7-18-10)11-4-1-5-12-13(11)19-8-6-15-12/h1,4-5,10,15H,2-3,6-9H2,(H,16,17). The second-order valence-corrected chi connectivity index (χ2v) is 4.80. The molecule has 5 nitrogen and oxygen atoms in total. The smallest absolute Gasteiger partial charge is 0.255 e. The third-order valence-electron chi connectivity index (χ3n) is 3.44. The zero-order chi connectivity index (χ0) is 13.1. The highest BCUT2D eigenvalue weighted by atomic mass is 16.5. The Balaban J connectivity index is 1.68. The van der Waals surface area contributed by atoms with Gasteiger partial charge in [-0.1, -0.05) is 6.07 Å². The Labute approximate surface area is 112 Å². The summed E-state index contributed by atoms with van der Waals surface area (Å²) in [5.74, 6) is 0.551. The van der Waals surface area contributed by atoms with Crippen molar-refractivity contribution in [3.8, 4) is 5.75 Å². The largest absolute Gasteiger partial charge is 0.489 e. The molecule has 3 rings (SSSR count). The topological polar surface area (TPSA) is 59.6 Å². The number of benzene rings is 1. The summed E-state index contributed by atoms with van der Waals surface area (Å²) < 4.78 is 11.1. The first-order chi connectivity index (χ1) is 9.34. The normalized spacial score (nSPS) is 21.2. The molecule has 0 saturated carbocycles. The second kappa shape index (κ2) is 5.48. The van der Waals surface area contributed by atoms with Crippen LogP contribution < -0.4 is 15.4 Å². The van der Waals surface area contributed by atoms with Crippen molar-refractivity contribution in [1.82, 2.24) is 5.32 Å². The van der Waals surface area contributed by atoms with Crippen molar-refractivity contribution >= 4 is 11.6 Å². The van der Waals surface area contributed by atoms with Crippen molar-refractivity contribution in [2.45, 2.75) is 18.9 Å². The van der Waals surface area contributed by atoms with Gasteiger partial charge in [0.1, 0.15) is 6.61 Å². The summed E-state index contributed by atoms with van der Waals surface area (Å²) in [6.07, 6.45) is 2.25. The van der Waals surface area contributed by atoms with Crippen LogP contribution in [0.2, 0.25) is 0 Å². The van der Waals surface area contributed by atoms with E-state index in [1.165, 1.54) is 0 Å². The summed E-state index contributed by atoms with van der Waals surface area (Å²) in [6, 6.07) is 5.57. The molecule has 1 atom stereocenters. The van der Waals surface area contributed by atoms with Gasteiger partial charge >= 0.3 is 0 Å². The lowest BCUT2D eigenvalue weighted by molar-refractivity contribution is 0.0854. The lowest BCUT2D eigenvalue weighted by atomic mass is 10.1. The predicted octanol–water partition coefficient (Wildman–Crippen LogP) is 1.40. The molecule has 2 aliphatic rings.